The Balaban J connectivity index is 0.000000234. The van der Waals surface area contributed by atoms with Gasteiger partial charge in [-0.05, 0) is 125 Å². The Morgan fingerprint density at radius 2 is 0.931 bits per heavy atom. The number of fused-ring (bicyclic) bond motifs is 17. The van der Waals surface area contributed by atoms with E-state index in [-0.39, 0.29) is 0 Å². The van der Waals surface area contributed by atoms with Gasteiger partial charge >= 0.3 is 0 Å². The van der Waals surface area contributed by atoms with Gasteiger partial charge in [-0.1, -0.05) is 181 Å². The average Bonchev–Trinajstić information content (AvgIpc) is 3.75. The maximum absolute atomic E-state index is 5.81. The van der Waals surface area contributed by atoms with E-state index in [2.05, 4.69) is 164 Å². The zero-order valence-electron chi connectivity index (χ0n) is 32.2. The molecular formula is C56H40N2. The molecule has 0 aliphatic heterocycles. The minimum absolute atomic E-state index is 0.438. The topological polar surface area (TPSA) is 38.0 Å². The van der Waals surface area contributed by atoms with Crippen LogP contribution in [0.3, 0.4) is 0 Å². The quantitative estimate of drug-likeness (QED) is 0.140. The van der Waals surface area contributed by atoms with Gasteiger partial charge in [-0.15, -0.1) is 0 Å². The molecule has 2 aliphatic rings. The lowest BCUT2D eigenvalue weighted by Gasteiger charge is -2.33. The van der Waals surface area contributed by atoms with E-state index in [4.69, 9.17) is 5.73 Å². The van der Waals surface area contributed by atoms with Gasteiger partial charge in [0, 0.05) is 5.69 Å². The lowest BCUT2D eigenvalue weighted by molar-refractivity contribution is 0.809. The van der Waals surface area contributed by atoms with Gasteiger partial charge in [0.05, 0.1) is 16.8 Å². The van der Waals surface area contributed by atoms with Gasteiger partial charge < -0.3 is 11.1 Å². The lowest BCUT2D eigenvalue weighted by Crippen LogP contribution is -2.26. The van der Waals surface area contributed by atoms with E-state index >= 15 is 0 Å². The molecule has 0 unspecified atom stereocenters. The Bertz CT molecular complexity index is 3190. The molecule has 10 aromatic carbocycles. The van der Waals surface area contributed by atoms with E-state index in [9.17, 15) is 0 Å². The Hall–Kier alpha value is -7.42. The predicted molar refractivity (Wildman–Crippen MR) is 246 cm³/mol. The molecule has 1 spiro atoms. The number of anilines is 3. The summed E-state index contributed by atoms with van der Waals surface area (Å²) in [5, 5.41) is 11.2. The van der Waals surface area contributed by atoms with Crippen molar-refractivity contribution in [1.29, 1.82) is 0 Å². The maximum atomic E-state index is 5.81. The minimum atomic E-state index is -0.438. The summed E-state index contributed by atoms with van der Waals surface area (Å²) in [7, 11) is 0. The van der Waals surface area contributed by atoms with E-state index in [1.165, 1.54) is 93.5 Å². The highest BCUT2D eigenvalue weighted by atomic mass is 14.9. The molecule has 0 aromatic heterocycles. The highest BCUT2D eigenvalue weighted by Crippen LogP contribution is 2.67. The monoisotopic (exact) mass is 740 g/mol. The van der Waals surface area contributed by atoms with E-state index in [1.807, 2.05) is 54.6 Å². The first kappa shape index (κ1) is 33.9. The number of nitrogens with two attached hydrogens (primary N) is 1. The third-order valence-corrected chi connectivity index (χ3v) is 12.3. The molecule has 0 atom stereocenters. The van der Waals surface area contributed by atoms with E-state index in [0.717, 1.165) is 17.1 Å². The maximum Gasteiger partial charge on any atom is 0.0737 e. The van der Waals surface area contributed by atoms with Crippen LogP contribution >= 0.6 is 0 Å². The standard InChI is InChI=1S/C44H28.C12H12N2/c1-27-13-12-14-28(25-27)37-26-38-41-34-20-5-2-15-29(34)30-16-3-7-22-36(30)43(41)44(42(38)35-21-6-4-17-31(35)37)39-23-10-8-18-32(39)33-19-9-11-24-40(33)44;13-11-8-4-5-9-12(11)14-10-6-2-1-3-7-10/h2-26H,1H3;1-9,14H,13H2. The van der Waals surface area contributed by atoms with E-state index in [1.54, 1.807) is 0 Å². The van der Waals surface area contributed by atoms with E-state index < -0.39 is 5.41 Å². The molecule has 0 heterocycles. The summed E-state index contributed by atoms with van der Waals surface area (Å²) in [6.07, 6.45) is 0. The Morgan fingerprint density at radius 3 is 1.60 bits per heavy atom. The van der Waals surface area contributed by atoms with Crippen molar-refractivity contribution in [3.8, 4) is 33.4 Å². The SMILES string of the molecule is Cc1cccc(-c2cc3c(c4ccccc24)C2(c4ccccc4-c4ccccc42)c2c-3c3ccccc3c3ccccc23)c1.Nc1ccccc1Nc1ccccc1. The number of benzene rings is 10. The average molecular weight is 741 g/mol. The summed E-state index contributed by atoms with van der Waals surface area (Å²) in [6.45, 7) is 2.19. The lowest BCUT2D eigenvalue weighted by atomic mass is 9.68. The number of aryl methyl sites for hydroxylation is 1. The molecule has 3 N–H and O–H groups in total. The van der Waals surface area contributed by atoms with Crippen molar-refractivity contribution in [2.75, 3.05) is 11.1 Å². The van der Waals surface area contributed by atoms with Gasteiger partial charge in [-0.25, -0.2) is 0 Å². The number of nitrogens with one attached hydrogen (secondary N) is 1. The zero-order valence-corrected chi connectivity index (χ0v) is 32.2. The van der Waals surface area contributed by atoms with Gasteiger partial charge in [0.25, 0.3) is 0 Å². The number of hydrogen-bond acceptors (Lipinski definition) is 2. The van der Waals surface area contributed by atoms with Crippen LogP contribution in [0, 0.1) is 6.92 Å². The van der Waals surface area contributed by atoms with Crippen LogP contribution in [0.1, 0.15) is 27.8 Å². The molecule has 10 aromatic rings. The molecular weight excluding hydrogens is 701 g/mol. The Morgan fingerprint density at radius 1 is 0.397 bits per heavy atom. The second-order valence-corrected chi connectivity index (χ2v) is 15.5. The molecule has 274 valence electrons. The number of hydrogen-bond donors (Lipinski definition) is 2. The smallest absolute Gasteiger partial charge is 0.0737 e. The fourth-order valence-electron chi connectivity index (χ4n) is 10.0. The molecule has 0 amide bonds. The third-order valence-electron chi connectivity index (χ3n) is 12.3. The zero-order chi connectivity index (χ0) is 38.8. The summed E-state index contributed by atoms with van der Waals surface area (Å²) >= 11 is 0. The molecule has 0 fully saturated rings. The molecule has 0 radical (unpaired) electrons. The van der Waals surface area contributed by atoms with Gasteiger partial charge in [0.2, 0.25) is 0 Å². The van der Waals surface area contributed by atoms with Crippen LogP contribution in [-0.4, -0.2) is 0 Å². The van der Waals surface area contributed by atoms with Crippen LogP contribution in [0.4, 0.5) is 17.1 Å². The first-order chi connectivity index (χ1) is 28.6. The number of nitrogen functional groups attached to an aromatic ring is 1. The summed E-state index contributed by atoms with van der Waals surface area (Å²) in [4.78, 5) is 0. The van der Waals surface area contributed by atoms with Crippen molar-refractivity contribution in [3.63, 3.8) is 0 Å². The molecule has 58 heavy (non-hydrogen) atoms. The predicted octanol–water partition coefficient (Wildman–Crippen LogP) is 14.5. The molecule has 2 aliphatic carbocycles. The minimum Gasteiger partial charge on any atom is -0.397 e. The summed E-state index contributed by atoms with van der Waals surface area (Å²) < 4.78 is 0. The first-order valence-electron chi connectivity index (χ1n) is 20.1. The fourth-order valence-corrected chi connectivity index (χ4v) is 10.0. The van der Waals surface area contributed by atoms with Crippen molar-refractivity contribution in [1.82, 2.24) is 0 Å². The second-order valence-electron chi connectivity index (χ2n) is 15.5. The van der Waals surface area contributed by atoms with Crippen molar-refractivity contribution < 1.29 is 0 Å². The summed E-state index contributed by atoms with van der Waals surface area (Å²) in [6, 6.07) is 74.7. The number of para-hydroxylation sites is 3. The van der Waals surface area contributed by atoms with Crippen LogP contribution in [0.5, 0.6) is 0 Å². The Labute approximate surface area is 338 Å². The molecule has 0 saturated heterocycles. The molecule has 12 rings (SSSR count). The van der Waals surface area contributed by atoms with Crippen molar-refractivity contribution >= 4 is 49.4 Å². The van der Waals surface area contributed by atoms with Gasteiger partial charge in [0.15, 0.2) is 0 Å². The van der Waals surface area contributed by atoms with Gasteiger partial charge in [-0.2, -0.15) is 0 Å². The third kappa shape index (κ3) is 4.98. The van der Waals surface area contributed by atoms with Crippen molar-refractivity contribution in [2.24, 2.45) is 0 Å². The second kappa shape index (κ2) is 13.4. The largest absolute Gasteiger partial charge is 0.397 e. The van der Waals surface area contributed by atoms with E-state index in [0.29, 0.717) is 0 Å². The van der Waals surface area contributed by atoms with Crippen LogP contribution in [0.15, 0.2) is 206 Å². The van der Waals surface area contributed by atoms with Gasteiger partial charge in [0.1, 0.15) is 0 Å². The van der Waals surface area contributed by atoms with Gasteiger partial charge in [-0.3, -0.25) is 0 Å². The highest BCUT2D eigenvalue weighted by Gasteiger charge is 2.54. The molecule has 2 heteroatoms. The molecule has 0 saturated carbocycles. The highest BCUT2D eigenvalue weighted by molar-refractivity contribution is 6.22. The normalized spacial score (nSPS) is 12.8. The first-order valence-corrected chi connectivity index (χ1v) is 20.1. The molecule has 0 bridgehead atoms. The van der Waals surface area contributed by atoms with Crippen molar-refractivity contribution in [2.45, 2.75) is 12.3 Å². The van der Waals surface area contributed by atoms with Crippen LogP contribution in [0.2, 0.25) is 0 Å². The summed E-state index contributed by atoms with van der Waals surface area (Å²) in [5.41, 5.74) is 23.0. The Kier molecular flexibility index (Phi) is 7.80. The van der Waals surface area contributed by atoms with Crippen LogP contribution in [0.25, 0.3) is 65.7 Å². The van der Waals surface area contributed by atoms with Crippen molar-refractivity contribution in [3.05, 3.63) is 234 Å². The molecule has 2 nitrogen and oxygen atoms in total. The van der Waals surface area contributed by atoms with Crippen LogP contribution in [-0.2, 0) is 5.41 Å². The van der Waals surface area contributed by atoms with Crippen LogP contribution < -0.4 is 11.1 Å². The number of rotatable bonds is 3. The summed E-state index contributed by atoms with van der Waals surface area (Å²) in [5.74, 6) is 0. The fraction of sp³-hybridized carbons (Fsp3) is 0.0357.